The Morgan fingerprint density at radius 1 is 1.00 bits per heavy atom. The standard InChI is InChI=1S/C30H44ClNO3S/c1-6-9-17-34-21-27(19-22(4)35-18-10-7-2)36-23(5)25-13-16-29(31)28(20-25)30(33)32-26-14-11-24(8-3)12-15-26/h11-16,20,22-23,27H,6-10,17-19,21H2,1-5H3,(H,32,33)/t22-,23-,27+/m1/s1. The normalized spacial score (nSPS) is 13.8. The molecule has 0 fully saturated rings. The van der Waals surface area contributed by atoms with Gasteiger partial charge in [0.05, 0.1) is 23.3 Å². The third-order valence-electron chi connectivity index (χ3n) is 6.16. The summed E-state index contributed by atoms with van der Waals surface area (Å²) in [6.45, 7) is 13.1. The van der Waals surface area contributed by atoms with E-state index in [2.05, 4.69) is 39.9 Å². The molecule has 0 aliphatic carbocycles. The van der Waals surface area contributed by atoms with Crippen LogP contribution in [-0.2, 0) is 15.9 Å². The average Bonchev–Trinajstić information content (AvgIpc) is 2.87. The highest BCUT2D eigenvalue weighted by Crippen LogP contribution is 2.36. The van der Waals surface area contributed by atoms with Gasteiger partial charge in [-0.05, 0) is 74.9 Å². The van der Waals surface area contributed by atoms with Crippen molar-refractivity contribution in [2.24, 2.45) is 0 Å². The van der Waals surface area contributed by atoms with Gasteiger partial charge in [0.15, 0.2) is 0 Å². The van der Waals surface area contributed by atoms with E-state index in [1.807, 2.05) is 54.2 Å². The predicted molar refractivity (Wildman–Crippen MR) is 156 cm³/mol. The molecule has 36 heavy (non-hydrogen) atoms. The van der Waals surface area contributed by atoms with Crippen molar-refractivity contribution < 1.29 is 14.3 Å². The molecule has 0 aliphatic rings. The van der Waals surface area contributed by atoms with Crippen LogP contribution in [0.25, 0.3) is 0 Å². The summed E-state index contributed by atoms with van der Waals surface area (Å²) in [6.07, 6.45) is 6.50. The van der Waals surface area contributed by atoms with Crippen LogP contribution >= 0.6 is 23.4 Å². The SMILES string of the molecule is CCCCOC[C@H](C[C@@H](C)OCCCC)S[C@H](C)c1ccc(Cl)c(C(=O)Nc2ccc(CC)cc2)c1. The van der Waals surface area contributed by atoms with Gasteiger partial charge in [-0.2, -0.15) is 0 Å². The number of thioether (sulfide) groups is 1. The minimum Gasteiger partial charge on any atom is -0.380 e. The van der Waals surface area contributed by atoms with E-state index >= 15 is 0 Å². The molecule has 1 N–H and O–H groups in total. The Balaban J connectivity index is 2.07. The fourth-order valence-electron chi connectivity index (χ4n) is 3.85. The monoisotopic (exact) mass is 533 g/mol. The lowest BCUT2D eigenvalue weighted by Crippen LogP contribution is -2.22. The Morgan fingerprint density at radius 3 is 2.36 bits per heavy atom. The van der Waals surface area contributed by atoms with Crippen LogP contribution < -0.4 is 5.32 Å². The van der Waals surface area contributed by atoms with Crippen LogP contribution in [0.2, 0.25) is 5.02 Å². The summed E-state index contributed by atoms with van der Waals surface area (Å²) >= 11 is 8.32. The number of unbranched alkanes of at least 4 members (excludes halogenated alkanes) is 2. The van der Waals surface area contributed by atoms with Crippen LogP contribution in [0.1, 0.15) is 93.5 Å². The zero-order valence-corrected chi connectivity index (χ0v) is 24.2. The molecule has 0 bridgehead atoms. The van der Waals surface area contributed by atoms with Crippen molar-refractivity contribution >= 4 is 35.0 Å². The number of carbonyl (C=O) groups excluding carboxylic acids is 1. The van der Waals surface area contributed by atoms with Crippen LogP contribution in [0.5, 0.6) is 0 Å². The molecular weight excluding hydrogens is 490 g/mol. The molecule has 3 atom stereocenters. The first-order valence-electron chi connectivity index (χ1n) is 13.4. The number of benzene rings is 2. The largest absolute Gasteiger partial charge is 0.380 e. The van der Waals surface area contributed by atoms with Gasteiger partial charge in [-0.15, -0.1) is 11.8 Å². The minimum absolute atomic E-state index is 0.181. The number of aryl methyl sites for hydroxylation is 1. The summed E-state index contributed by atoms with van der Waals surface area (Å²) in [5, 5.41) is 3.92. The number of hydrogen-bond donors (Lipinski definition) is 1. The molecule has 0 heterocycles. The van der Waals surface area contributed by atoms with Crippen LogP contribution in [0.3, 0.4) is 0 Å². The van der Waals surface area contributed by atoms with E-state index in [1.165, 1.54) is 5.56 Å². The second kappa shape index (κ2) is 17.1. The molecule has 1 amide bonds. The molecule has 0 unspecified atom stereocenters. The second-order valence-corrected chi connectivity index (χ2v) is 11.4. The molecule has 0 spiro atoms. The van der Waals surface area contributed by atoms with Crippen LogP contribution in [0, 0.1) is 0 Å². The molecule has 0 saturated carbocycles. The number of amides is 1. The molecular formula is C30H44ClNO3S. The first kappa shape index (κ1) is 30.7. The van der Waals surface area contributed by atoms with E-state index in [0.717, 1.165) is 63.0 Å². The quantitative estimate of drug-likeness (QED) is 0.206. The highest BCUT2D eigenvalue weighted by atomic mass is 35.5. The topological polar surface area (TPSA) is 47.6 Å². The number of rotatable bonds is 17. The highest BCUT2D eigenvalue weighted by molar-refractivity contribution is 8.00. The lowest BCUT2D eigenvalue weighted by molar-refractivity contribution is 0.0490. The van der Waals surface area contributed by atoms with Crippen molar-refractivity contribution in [3.05, 3.63) is 64.2 Å². The van der Waals surface area contributed by atoms with Gasteiger partial charge in [-0.25, -0.2) is 0 Å². The summed E-state index contributed by atoms with van der Waals surface area (Å²) < 4.78 is 12.0. The molecule has 2 aromatic carbocycles. The van der Waals surface area contributed by atoms with Crippen LogP contribution in [0.4, 0.5) is 5.69 Å². The number of ether oxygens (including phenoxy) is 2. The maximum Gasteiger partial charge on any atom is 0.257 e. The summed E-state index contributed by atoms with van der Waals surface area (Å²) in [6, 6.07) is 13.7. The van der Waals surface area contributed by atoms with Gasteiger partial charge in [0.2, 0.25) is 0 Å². The molecule has 0 saturated heterocycles. The Hall–Kier alpha value is -1.53. The maximum atomic E-state index is 13.0. The lowest BCUT2D eigenvalue weighted by atomic mass is 10.1. The van der Waals surface area contributed by atoms with Crippen molar-refractivity contribution in [3.63, 3.8) is 0 Å². The molecule has 6 heteroatoms. The maximum absolute atomic E-state index is 13.0. The highest BCUT2D eigenvalue weighted by Gasteiger charge is 2.21. The van der Waals surface area contributed by atoms with Gasteiger partial charge in [0.25, 0.3) is 5.91 Å². The molecule has 0 aliphatic heterocycles. The molecule has 2 rings (SSSR count). The van der Waals surface area contributed by atoms with E-state index < -0.39 is 0 Å². The van der Waals surface area contributed by atoms with Crippen LogP contribution in [-0.4, -0.2) is 37.1 Å². The lowest BCUT2D eigenvalue weighted by Gasteiger charge is -2.24. The molecule has 4 nitrogen and oxygen atoms in total. The second-order valence-electron chi connectivity index (χ2n) is 9.34. The smallest absolute Gasteiger partial charge is 0.257 e. The van der Waals surface area contributed by atoms with Crippen LogP contribution in [0.15, 0.2) is 42.5 Å². The van der Waals surface area contributed by atoms with E-state index in [1.54, 1.807) is 0 Å². The van der Waals surface area contributed by atoms with Gasteiger partial charge < -0.3 is 14.8 Å². The Bertz CT molecular complexity index is 906. The first-order valence-corrected chi connectivity index (χ1v) is 14.7. The Labute approximate surface area is 227 Å². The third kappa shape index (κ3) is 10.8. The van der Waals surface area contributed by atoms with Gasteiger partial charge in [-0.3, -0.25) is 4.79 Å². The van der Waals surface area contributed by atoms with Crippen molar-refractivity contribution in [3.8, 4) is 0 Å². The van der Waals surface area contributed by atoms with Crippen molar-refractivity contribution in [1.29, 1.82) is 0 Å². The fourth-order valence-corrected chi connectivity index (χ4v) is 5.49. The Morgan fingerprint density at radius 2 is 1.69 bits per heavy atom. The number of halogens is 1. The Kier molecular flexibility index (Phi) is 14.6. The van der Waals surface area contributed by atoms with E-state index in [0.29, 0.717) is 22.4 Å². The summed E-state index contributed by atoms with van der Waals surface area (Å²) in [4.78, 5) is 13.0. The molecule has 2 aromatic rings. The van der Waals surface area contributed by atoms with Gasteiger partial charge in [0, 0.05) is 29.4 Å². The van der Waals surface area contributed by atoms with Crippen molar-refractivity contribution in [2.45, 2.75) is 89.7 Å². The fraction of sp³-hybridized carbons (Fsp3) is 0.567. The van der Waals surface area contributed by atoms with Crippen molar-refractivity contribution in [1.82, 2.24) is 0 Å². The van der Waals surface area contributed by atoms with Crippen molar-refractivity contribution in [2.75, 3.05) is 25.1 Å². The van der Waals surface area contributed by atoms with E-state index in [-0.39, 0.29) is 17.3 Å². The summed E-state index contributed by atoms with van der Waals surface area (Å²) in [5.74, 6) is -0.194. The zero-order chi connectivity index (χ0) is 26.3. The number of hydrogen-bond acceptors (Lipinski definition) is 4. The van der Waals surface area contributed by atoms with Gasteiger partial charge in [-0.1, -0.05) is 63.4 Å². The predicted octanol–water partition coefficient (Wildman–Crippen LogP) is 8.73. The molecule has 0 aromatic heterocycles. The average molecular weight is 534 g/mol. The van der Waals surface area contributed by atoms with Gasteiger partial charge >= 0.3 is 0 Å². The molecule has 200 valence electrons. The number of anilines is 1. The summed E-state index contributed by atoms with van der Waals surface area (Å²) in [7, 11) is 0. The number of carbonyl (C=O) groups is 1. The third-order valence-corrected chi connectivity index (χ3v) is 7.89. The van der Waals surface area contributed by atoms with Gasteiger partial charge in [0.1, 0.15) is 0 Å². The molecule has 0 radical (unpaired) electrons. The zero-order valence-electron chi connectivity index (χ0n) is 22.6. The number of nitrogens with one attached hydrogen (secondary N) is 1. The minimum atomic E-state index is -0.194. The first-order chi connectivity index (χ1) is 17.4. The summed E-state index contributed by atoms with van der Waals surface area (Å²) in [5.41, 5.74) is 3.57. The van der Waals surface area contributed by atoms with E-state index in [4.69, 9.17) is 21.1 Å². The van der Waals surface area contributed by atoms with E-state index in [9.17, 15) is 4.79 Å².